The first kappa shape index (κ1) is 19.7. The molecule has 0 saturated heterocycles. The average Bonchev–Trinajstić information content (AvgIpc) is 2.67. The Morgan fingerprint density at radius 1 is 1.14 bits per heavy atom. The second-order valence-corrected chi connectivity index (χ2v) is 6.20. The normalized spacial score (nSPS) is 17.0. The van der Waals surface area contributed by atoms with Gasteiger partial charge >= 0.3 is 12.1 Å². The van der Waals surface area contributed by atoms with Crippen LogP contribution in [0.1, 0.15) is 17.2 Å². The minimum Gasteiger partial charge on any atom is -0.497 e. The van der Waals surface area contributed by atoms with E-state index in [1.54, 1.807) is 0 Å². The van der Waals surface area contributed by atoms with Crippen molar-refractivity contribution in [1.82, 2.24) is 10.3 Å². The number of rotatable bonds is 3. The summed E-state index contributed by atoms with van der Waals surface area (Å²) in [6.45, 7) is 0. The predicted octanol–water partition coefficient (Wildman–Crippen LogP) is 3.27. The molecular formula is C18H13ClF3N3O3. The van der Waals surface area contributed by atoms with Crippen molar-refractivity contribution in [2.75, 3.05) is 7.11 Å². The Kier molecular flexibility index (Phi) is 5.28. The molecular weight excluding hydrogens is 399 g/mol. The minimum atomic E-state index is -5.21. The van der Waals surface area contributed by atoms with E-state index in [-0.39, 0.29) is 16.4 Å². The highest BCUT2D eigenvalue weighted by molar-refractivity contribution is 6.30. The van der Waals surface area contributed by atoms with Crippen LogP contribution in [0.25, 0.3) is 0 Å². The zero-order chi connectivity index (χ0) is 20.5. The van der Waals surface area contributed by atoms with Gasteiger partial charge in [-0.25, -0.2) is 5.01 Å². The molecule has 2 amide bonds. The zero-order valence-electron chi connectivity index (χ0n) is 14.3. The van der Waals surface area contributed by atoms with Crippen molar-refractivity contribution in [2.24, 2.45) is 5.10 Å². The maximum absolute atomic E-state index is 13.1. The molecule has 0 fully saturated rings. The number of amidine groups is 1. The van der Waals surface area contributed by atoms with Gasteiger partial charge in [-0.15, -0.1) is 0 Å². The first-order chi connectivity index (χ1) is 13.2. The van der Waals surface area contributed by atoms with Crippen molar-refractivity contribution >= 4 is 29.3 Å². The number of carbonyl (C=O) groups is 2. The number of amides is 2. The van der Waals surface area contributed by atoms with Crippen LogP contribution < -0.4 is 10.1 Å². The first-order valence-electron chi connectivity index (χ1n) is 7.90. The maximum Gasteiger partial charge on any atom is 0.473 e. The van der Waals surface area contributed by atoms with Crippen molar-refractivity contribution in [1.29, 1.82) is 0 Å². The number of alkyl halides is 3. The van der Waals surface area contributed by atoms with Crippen LogP contribution >= 0.6 is 11.6 Å². The number of carbonyl (C=O) groups excluding carboxylic acids is 2. The van der Waals surface area contributed by atoms with E-state index in [0.29, 0.717) is 16.3 Å². The van der Waals surface area contributed by atoms with Gasteiger partial charge in [0.25, 0.3) is 5.91 Å². The van der Waals surface area contributed by atoms with E-state index >= 15 is 0 Å². The van der Waals surface area contributed by atoms with Crippen LogP contribution in [-0.4, -0.2) is 35.9 Å². The van der Waals surface area contributed by atoms with Crippen LogP contribution in [0.15, 0.2) is 53.6 Å². The van der Waals surface area contributed by atoms with Crippen LogP contribution in [0.4, 0.5) is 13.2 Å². The SMILES string of the molecule is COc1ccc(C2C(=O)NC(c3ccc(Cl)cc3)=NN2C(=O)C(F)(F)F)cc1. The van der Waals surface area contributed by atoms with E-state index in [1.807, 2.05) is 0 Å². The third-order valence-corrected chi connectivity index (χ3v) is 4.19. The molecule has 0 aliphatic carbocycles. The van der Waals surface area contributed by atoms with E-state index in [4.69, 9.17) is 16.3 Å². The molecule has 10 heteroatoms. The van der Waals surface area contributed by atoms with Gasteiger partial charge in [0, 0.05) is 10.6 Å². The Bertz CT molecular complexity index is 928. The first-order valence-corrected chi connectivity index (χ1v) is 8.28. The monoisotopic (exact) mass is 411 g/mol. The molecule has 1 heterocycles. The minimum absolute atomic E-state index is 0.143. The van der Waals surface area contributed by atoms with Gasteiger partial charge in [-0.05, 0) is 42.0 Å². The molecule has 0 spiro atoms. The maximum atomic E-state index is 13.1. The van der Waals surface area contributed by atoms with E-state index in [9.17, 15) is 22.8 Å². The second kappa shape index (κ2) is 7.51. The molecule has 1 atom stereocenters. The lowest BCUT2D eigenvalue weighted by Gasteiger charge is -2.32. The molecule has 1 unspecified atom stereocenters. The second-order valence-electron chi connectivity index (χ2n) is 5.77. The molecule has 1 aliphatic heterocycles. The highest BCUT2D eigenvalue weighted by atomic mass is 35.5. The van der Waals surface area contributed by atoms with Gasteiger partial charge in [-0.1, -0.05) is 23.7 Å². The molecule has 2 aromatic carbocycles. The molecule has 146 valence electrons. The topological polar surface area (TPSA) is 71.0 Å². The van der Waals surface area contributed by atoms with Crippen LogP contribution in [0, 0.1) is 0 Å². The van der Waals surface area contributed by atoms with Crippen molar-refractivity contribution in [2.45, 2.75) is 12.2 Å². The fourth-order valence-electron chi connectivity index (χ4n) is 2.60. The number of nitrogens with zero attached hydrogens (tertiary/aromatic N) is 2. The third-order valence-electron chi connectivity index (χ3n) is 3.94. The molecule has 1 aliphatic rings. The predicted molar refractivity (Wildman–Crippen MR) is 94.8 cm³/mol. The smallest absolute Gasteiger partial charge is 0.473 e. The van der Waals surface area contributed by atoms with E-state index in [1.165, 1.54) is 55.6 Å². The largest absolute Gasteiger partial charge is 0.497 e. The molecule has 0 aromatic heterocycles. The quantitative estimate of drug-likeness (QED) is 0.842. The van der Waals surface area contributed by atoms with Gasteiger partial charge in [0.15, 0.2) is 11.9 Å². The molecule has 2 aromatic rings. The lowest BCUT2D eigenvalue weighted by Crippen LogP contribution is -2.52. The number of nitrogens with one attached hydrogen (secondary N) is 1. The van der Waals surface area contributed by atoms with E-state index in [2.05, 4.69) is 10.4 Å². The lowest BCUT2D eigenvalue weighted by atomic mass is 10.0. The standard InChI is InChI=1S/C18H13ClF3N3O3/c1-28-13-8-4-10(5-9-13)14-16(26)23-15(11-2-6-12(19)7-3-11)24-25(14)17(27)18(20,21)22/h2-9,14H,1H3,(H,23,24,26). The number of hydrogen-bond acceptors (Lipinski definition) is 4. The highest BCUT2D eigenvalue weighted by Gasteiger charge is 2.49. The average molecular weight is 412 g/mol. The van der Waals surface area contributed by atoms with Gasteiger partial charge in [0.05, 0.1) is 7.11 Å². The Labute approximate surface area is 162 Å². The fraction of sp³-hybridized carbons (Fsp3) is 0.167. The summed E-state index contributed by atoms with van der Waals surface area (Å²) in [4.78, 5) is 24.6. The van der Waals surface area contributed by atoms with Gasteiger partial charge in [-0.2, -0.15) is 18.3 Å². The summed E-state index contributed by atoms with van der Waals surface area (Å²) >= 11 is 5.80. The molecule has 6 nitrogen and oxygen atoms in total. The molecule has 1 N–H and O–H groups in total. The van der Waals surface area contributed by atoms with Crippen molar-refractivity contribution in [3.8, 4) is 5.75 Å². The molecule has 0 bridgehead atoms. The Morgan fingerprint density at radius 3 is 2.29 bits per heavy atom. The van der Waals surface area contributed by atoms with Crippen LogP contribution in [0.5, 0.6) is 5.75 Å². The summed E-state index contributed by atoms with van der Waals surface area (Å²) in [6.07, 6.45) is -5.21. The Balaban J connectivity index is 2.07. The molecule has 0 radical (unpaired) electrons. The summed E-state index contributed by atoms with van der Waals surface area (Å²) in [6, 6.07) is 10.0. The van der Waals surface area contributed by atoms with Gasteiger partial charge in [-0.3, -0.25) is 9.59 Å². The van der Waals surface area contributed by atoms with E-state index < -0.39 is 24.0 Å². The summed E-state index contributed by atoms with van der Waals surface area (Å²) < 4.78 is 44.4. The summed E-state index contributed by atoms with van der Waals surface area (Å²) in [5.74, 6) is -2.83. The van der Waals surface area contributed by atoms with Crippen molar-refractivity contribution < 1.29 is 27.5 Å². The third kappa shape index (κ3) is 3.94. The summed E-state index contributed by atoms with van der Waals surface area (Å²) in [5.41, 5.74) is 0.445. The number of halogens is 4. The van der Waals surface area contributed by atoms with Crippen molar-refractivity contribution in [3.05, 3.63) is 64.7 Å². The van der Waals surface area contributed by atoms with Gasteiger partial charge < -0.3 is 10.1 Å². The fourth-order valence-corrected chi connectivity index (χ4v) is 2.72. The van der Waals surface area contributed by atoms with Crippen LogP contribution in [0.3, 0.4) is 0 Å². The lowest BCUT2D eigenvalue weighted by molar-refractivity contribution is -0.189. The molecule has 0 saturated carbocycles. The molecule has 28 heavy (non-hydrogen) atoms. The highest BCUT2D eigenvalue weighted by Crippen LogP contribution is 2.31. The summed E-state index contributed by atoms with van der Waals surface area (Å²) in [7, 11) is 1.42. The zero-order valence-corrected chi connectivity index (χ0v) is 15.1. The molecule has 3 rings (SSSR count). The Hall–Kier alpha value is -3.07. The van der Waals surface area contributed by atoms with Gasteiger partial charge in [0.2, 0.25) is 0 Å². The number of ether oxygens (including phenoxy) is 1. The van der Waals surface area contributed by atoms with Gasteiger partial charge in [0.1, 0.15) is 5.75 Å². The van der Waals surface area contributed by atoms with Crippen LogP contribution in [0.2, 0.25) is 5.02 Å². The Morgan fingerprint density at radius 2 is 1.75 bits per heavy atom. The number of hydrogen-bond donors (Lipinski definition) is 1. The van der Waals surface area contributed by atoms with Crippen LogP contribution in [-0.2, 0) is 9.59 Å². The van der Waals surface area contributed by atoms with Crippen molar-refractivity contribution in [3.63, 3.8) is 0 Å². The van der Waals surface area contributed by atoms with E-state index in [0.717, 1.165) is 0 Å². The number of benzene rings is 2. The summed E-state index contributed by atoms with van der Waals surface area (Å²) in [5, 5.41) is 6.75. The number of hydrazone groups is 1. The number of methoxy groups -OCH3 is 1.